The number of hydrogen-bond donors (Lipinski definition) is 2. The first kappa shape index (κ1) is 19.0. The summed E-state index contributed by atoms with van der Waals surface area (Å²) in [4.78, 5) is 13.2. The number of carbonyl (C=O) groups is 1. The monoisotopic (exact) mass is 373 g/mol. The normalized spacial score (nSPS) is 9.93. The second kappa shape index (κ2) is 9.23. The Balaban J connectivity index is 1.97. The molecule has 6 nitrogen and oxygen atoms in total. The third kappa shape index (κ3) is 5.11. The molecule has 142 valence electrons. The summed E-state index contributed by atoms with van der Waals surface area (Å²) in [5.41, 5.74) is 6.14. The van der Waals surface area contributed by atoms with Gasteiger partial charge in [-0.3, -0.25) is 5.43 Å². The van der Waals surface area contributed by atoms with E-state index >= 15 is 0 Å². The summed E-state index contributed by atoms with van der Waals surface area (Å²) < 4.78 is 0. The lowest BCUT2D eigenvalue weighted by atomic mass is 10.3. The van der Waals surface area contributed by atoms with Crippen LogP contribution < -0.4 is 15.9 Å². The van der Waals surface area contributed by atoms with E-state index in [1.54, 1.807) is 5.12 Å². The number of urea groups is 1. The van der Waals surface area contributed by atoms with Gasteiger partial charge in [-0.15, -0.1) is 10.2 Å². The number of nitrogens with zero attached hydrogens (tertiary/aromatic N) is 3. The zero-order chi connectivity index (χ0) is 19.8. The van der Waals surface area contributed by atoms with Gasteiger partial charge >= 0.3 is 6.03 Å². The maximum atomic E-state index is 13.2. The largest absolute Gasteiger partial charge is 0.362 e. The molecular weight excluding hydrogens is 350 g/mol. The number of benzene rings is 3. The molecule has 0 saturated heterocycles. The number of hydrazone groups is 1. The lowest BCUT2D eigenvalue weighted by Crippen LogP contribution is -2.50. The van der Waals surface area contributed by atoms with E-state index in [1.807, 2.05) is 105 Å². The SMILES string of the molecule is CC(C)=NN(c1ccccc1)N(Nc1ccccc1)C(=O)Nc1ccccc1. The van der Waals surface area contributed by atoms with Gasteiger partial charge in [-0.1, -0.05) is 54.6 Å². The molecule has 0 saturated carbocycles. The lowest BCUT2D eigenvalue weighted by Gasteiger charge is -2.33. The van der Waals surface area contributed by atoms with Gasteiger partial charge in [0.1, 0.15) is 0 Å². The first-order chi connectivity index (χ1) is 13.6. The summed E-state index contributed by atoms with van der Waals surface area (Å²) >= 11 is 0. The molecule has 0 bridgehead atoms. The minimum Gasteiger partial charge on any atom is -0.305 e. The molecule has 28 heavy (non-hydrogen) atoms. The molecule has 0 unspecified atom stereocenters. The van der Waals surface area contributed by atoms with Crippen LogP contribution in [0.4, 0.5) is 21.9 Å². The van der Waals surface area contributed by atoms with Crippen molar-refractivity contribution >= 4 is 28.8 Å². The first-order valence-electron chi connectivity index (χ1n) is 8.98. The predicted molar refractivity (Wildman–Crippen MR) is 115 cm³/mol. The van der Waals surface area contributed by atoms with Gasteiger partial charge in [0.05, 0.1) is 11.4 Å². The predicted octanol–water partition coefficient (Wildman–Crippen LogP) is 5.37. The Kier molecular flexibility index (Phi) is 6.25. The number of carbonyl (C=O) groups excluding carboxylic acids is 1. The van der Waals surface area contributed by atoms with Crippen LogP contribution in [-0.4, -0.2) is 16.9 Å². The quantitative estimate of drug-likeness (QED) is 0.451. The molecular formula is C22H23N5O. The highest BCUT2D eigenvalue weighted by atomic mass is 16.2. The molecule has 2 amide bonds. The van der Waals surface area contributed by atoms with Crippen molar-refractivity contribution in [1.82, 2.24) is 5.12 Å². The highest BCUT2D eigenvalue weighted by Gasteiger charge is 2.23. The summed E-state index contributed by atoms with van der Waals surface area (Å²) in [6.45, 7) is 3.76. The molecule has 0 aromatic heterocycles. The molecule has 2 N–H and O–H groups in total. The highest BCUT2D eigenvalue weighted by molar-refractivity contribution is 5.91. The van der Waals surface area contributed by atoms with E-state index in [1.165, 1.54) is 5.12 Å². The Morgan fingerprint density at radius 1 is 0.750 bits per heavy atom. The summed E-state index contributed by atoms with van der Waals surface area (Å²) in [7, 11) is 0. The van der Waals surface area contributed by atoms with E-state index in [0.717, 1.165) is 17.1 Å². The third-order valence-electron chi connectivity index (χ3n) is 3.70. The zero-order valence-corrected chi connectivity index (χ0v) is 15.9. The summed E-state index contributed by atoms with van der Waals surface area (Å²) in [6, 6.07) is 27.9. The van der Waals surface area contributed by atoms with Crippen molar-refractivity contribution in [3.05, 3.63) is 91.0 Å². The van der Waals surface area contributed by atoms with E-state index in [-0.39, 0.29) is 6.03 Å². The molecule has 6 heteroatoms. The van der Waals surface area contributed by atoms with Crippen molar-refractivity contribution in [2.24, 2.45) is 5.10 Å². The smallest absolute Gasteiger partial charge is 0.305 e. The van der Waals surface area contributed by atoms with Gasteiger partial charge in [-0.25, -0.2) is 4.79 Å². The average molecular weight is 373 g/mol. The van der Waals surface area contributed by atoms with Crippen LogP contribution in [0.5, 0.6) is 0 Å². The molecule has 0 atom stereocenters. The van der Waals surface area contributed by atoms with E-state index in [9.17, 15) is 4.79 Å². The minimum absolute atomic E-state index is 0.371. The maximum Gasteiger partial charge on any atom is 0.362 e. The van der Waals surface area contributed by atoms with Crippen molar-refractivity contribution in [2.45, 2.75) is 13.8 Å². The van der Waals surface area contributed by atoms with Gasteiger partial charge in [-0.2, -0.15) is 5.10 Å². The third-order valence-corrected chi connectivity index (χ3v) is 3.70. The minimum atomic E-state index is -0.371. The fourth-order valence-corrected chi connectivity index (χ4v) is 2.49. The fraction of sp³-hybridized carbons (Fsp3) is 0.0909. The van der Waals surface area contributed by atoms with E-state index in [2.05, 4.69) is 15.8 Å². The Morgan fingerprint density at radius 3 is 1.79 bits per heavy atom. The number of rotatable bonds is 6. The molecule has 3 rings (SSSR count). The maximum absolute atomic E-state index is 13.2. The van der Waals surface area contributed by atoms with Crippen molar-refractivity contribution in [3.63, 3.8) is 0 Å². The number of hydrazine groups is 2. The molecule has 0 radical (unpaired) electrons. The second-order valence-electron chi connectivity index (χ2n) is 6.26. The van der Waals surface area contributed by atoms with Crippen LogP contribution in [-0.2, 0) is 0 Å². The van der Waals surface area contributed by atoms with Crippen LogP contribution in [0, 0.1) is 0 Å². The van der Waals surface area contributed by atoms with Crippen molar-refractivity contribution in [2.75, 3.05) is 15.9 Å². The molecule has 0 heterocycles. The van der Waals surface area contributed by atoms with E-state index < -0.39 is 0 Å². The molecule has 0 aliphatic heterocycles. The van der Waals surface area contributed by atoms with Gasteiger partial charge in [0.15, 0.2) is 0 Å². The van der Waals surface area contributed by atoms with E-state index in [4.69, 9.17) is 0 Å². The van der Waals surface area contributed by atoms with Gasteiger partial charge < -0.3 is 5.32 Å². The Labute approximate surface area is 165 Å². The van der Waals surface area contributed by atoms with Crippen LogP contribution in [0.25, 0.3) is 0 Å². The number of anilines is 3. The Hall–Kier alpha value is -3.80. The molecule has 3 aromatic rings. The number of hydrogen-bond acceptors (Lipinski definition) is 4. The summed E-state index contributed by atoms with van der Waals surface area (Å²) in [5, 5.41) is 10.4. The zero-order valence-electron chi connectivity index (χ0n) is 15.9. The summed E-state index contributed by atoms with van der Waals surface area (Å²) in [6.07, 6.45) is 0. The molecule has 0 aliphatic rings. The number of amides is 2. The fourth-order valence-electron chi connectivity index (χ4n) is 2.49. The second-order valence-corrected chi connectivity index (χ2v) is 6.26. The summed E-state index contributed by atoms with van der Waals surface area (Å²) in [5.74, 6) is 0. The van der Waals surface area contributed by atoms with Crippen molar-refractivity contribution in [3.8, 4) is 0 Å². The Bertz CT molecular complexity index is 909. The Morgan fingerprint density at radius 2 is 1.25 bits per heavy atom. The highest BCUT2D eigenvalue weighted by Crippen LogP contribution is 2.20. The average Bonchev–Trinajstić information content (AvgIpc) is 2.72. The van der Waals surface area contributed by atoms with Gasteiger partial charge in [0.25, 0.3) is 0 Å². The molecule has 3 aromatic carbocycles. The topological polar surface area (TPSA) is 60.0 Å². The number of para-hydroxylation sites is 3. The standard InChI is InChI=1S/C22H23N5O/c1-18(2)24-26(21-16-10-5-11-17-21)27(25-20-14-8-4-9-15-20)22(28)23-19-12-6-3-7-13-19/h3-17,25H,1-2H3,(H,23,28). The van der Waals surface area contributed by atoms with Gasteiger partial charge in [0, 0.05) is 11.4 Å². The van der Waals surface area contributed by atoms with Crippen LogP contribution in [0.15, 0.2) is 96.1 Å². The lowest BCUT2D eigenvalue weighted by molar-refractivity contribution is 0.217. The molecule has 0 aliphatic carbocycles. The van der Waals surface area contributed by atoms with Crippen molar-refractivity contribution < 1.29 is 4.79 Å². The van der Waals surface area contributed by atoms with Gasteiger partial charge in [-0.05, 0) is 50.2 Å². The van der Waals surface area contributed by atoms with Crippen LogP contribution >= 0.6 is 0 Å². The first-order valence-corrected chi connectivity index (χ1v) is 8.98. The number of nitrogens with one attached hydrogen (secondary N) is 2. The van der Waals surface area contributed by atoms with Gasteiger partial charge in [0.2, 0.25) is 0 Å². The van der Waals surface area contributed by atoms with Crippen LogP contribution in [0.1, 0.15) is 13.8 Å². The van der Waals surface area contributed by atoms with Crippen LogP contribution in [0.2, 0.25) is 0 Å². The van der Waals surface area contributed by atoms with Crippen LogP contribution in [0.3, 0.4) is 0 Å². The van der Waals surface area contributed by atoms with Crippen molar-refractivity contribution in [1.29, 1.82) is 0 Å². The molecule has 0 fully saturated rings. The molecule has 0 spiro atoms. The van der Waals surface area contributed by atoms with E-state index in [0.29, 0.717) is 5.69 Å².